The maximum absolute atomic E-state index is 12.1. The summed E-state index contributed by atoms with van der Waals surface area (Å²) < 4.78 is 11.1. The molecule has 1 aromatic rings. The summed E-state index contributed by atoms with van der Waals surface area (Å²) in [4.78, 5) is 12.1. The molecule has 0 aliphatic carbocycles. The summed E-state index contributed by atoms with van der Waals surface area (Å²) in [6.07, 6.45) is 2.54. The van der Waals surface area contributed by atoms with Crippen LogP contribution in [0.3, 0.4) is 0 Å². The number of alkyl carbamates (subject to hydrolysis) is 1. The Morgan fingerprint density at radius 2 is 1.88 bits per heavy atom. The first-order valence-corrected chi connectivity index (χ1v) is 10.2. The lowest BCUT2D eigenvalue weighted by Gasteiger charge is -2.30. The normalized spacial score (nSPS) is 13.6. The first-order valence-electron chi connectivity index (χ1n) is 8.77. The lowest BCUT2D eigenvalue weighted by Crippen LogP contribution is -2.52. The second kappa shape index (κ2) is 10.7. The van der Waals surface area contributed by atoms with E-state index in [2.05, 4.69) is 12.2 Å². The summed E-state index contributed by atoms with van der Waals surface area (Å²) in [7, 11) is 0. The van der Waals surface area contributed by atoms with Crippen LogP contribution in [0.25, 0.3) is 0 Å². The molecule has 0 aliphatic heterocycles. The number of benzene rings is 1. The van der Waals surface area contributed by atoms with Crippen molar-refractivity contribution in [1.29, 1.82) is 0 Å². The van der Waals surface area contributed by atoms with E-state index in [0.717, 1.165) is 19.3 Å². The second-order valence-corrected chi connectivity index (χ2v) is 8.65. The van der Waals surface area contributed by atoms with Gasteiger partial charge in [-0.15, -0.1) is 0 Å². The van der Waals surface area contributed by atoms with Crippen molar-refractivity contribution in [2.24, 2.45) is 0 Å². The van der Waals surface area contributed by atoms with Crippen LogP contribution >= 0.6 is 24.0 Å². The van der Waals surface area contributed by atoms with E-state index in [-0.39, 0.29) is 10.1 Å². The molecule has 0 aliphatic rings. The number of carbonyl (C=O) groups excluding carboxylic acids is 1. The number of amides is 1. The minimum atomic E-state index is -1.41. The van der Waals surface area contributed by atoms with Crippen LogP contribution in [-0.2, 0) is 4.74 Å². The second-order valence-electron chi connectivity index (χ2n) is 7.07. The molecule has 1 atom stereocenters. The Bertz CT molecular complexity index is 575. The van der Waals surface area contributed by atoms with Gasteiger partial charge in [0.1, 0.15) is 17.1 Å². The molecule has 1 amide bonds. The number of thioether (sulfide) groups is 1. The minimum absolute atomic E-state index is 0.182. The van der Waals surface area contributed by atoms with E-state index in [1.54, 1.807) is 32.9 Å². The van der Waals surface area contributed by atoms with Crippen LogP contribution in [0, 0.1) is 0 Å². The van der Waals surface area contributed by atoms with Gasteiger partial charge in [0.25, 0.3) is 0 Å². The molecule has 0 spiro atoms. The molecule has 0 heterocycles. The van der Waals surface area contributed by atoms with Gasteiger partial charge >= 0.3 is 6.09 Å². The molecular formula is C19H29NO4S2. The van der Waals surface area contributed by atoms with Crippen molar-refractivity contribution >= 4 is 34.5 Å². The van der Waals surface area contributed by atoms with Gasteiger partial charge in [-0.05, 0) is 58.0 Å². The summed E-state index contributed by atoms with van der Waals surface area (Å²) in [5.74, 6) is 0.821. The molecular weight excluding hydrogens is 370 g/mol. The van der Waals surface area contributed by atoms with E-state index in [4.69, 9.17) is 21.7 Å². The van der Waals surface area contributed by atoms with Gasteiger partial charge in [-0.3, -0.25) is 5.32 Å². The maximum atomic E-state index is 12.1. The van der Waals surface area contributed by atoms with Crippen LogP contribution in [-0.4, -0.2) is 32.7 Å². The van der Waals surface area contributed by atoms with Crippen molar-refractivity contribution in [3.8, 4) is 5.75 Å². The molecule has 2 N–H and O–H groups in total. The lowest BCUT2D eigenvalue weighted by molar-refractivity contribution is -0.00543. The molecule has 0 radical (unpaired) electrons. The first kappa shape index (κ1) is 22.7. The van der Waals surface area contributed by atoms with Crippen LogP contribution in [0.15, 0.2) is 30.3 Å². The fourth-order valence-electron chi connectivity index (χ4n) is 2.12. The highest BCUT2D eigenvalue weighted by Crippen LogP contribution is 2.22. The van der Waals surface area contributed by atoms with E-state index in [9.17, 15) is 9.90 Å². The van der Waals surface area contributed by atoms with E-state index in [1.165, 1.54) is 11.8 Å². The van der Waals surface area contributed by atoms with E-state index < -0.39 is 17.4 Å². The fraction of sp³-hybridized carbons (Fsp3) is 0.579. The van der Waals surface area contributed by atoms with Crippen LogP contribution in [0.2, 0.25) is 0 Å². The number of para-hydroxylation sites is 1. The number of carbonyl (C=O) groups is 1. The number of rotatable bonds is 8. The summed E-state index contributed by atoms with van der Waals surface area (Å²) in [5, 5.41) is 13.5. The van der Waals surface area contributed by atoms with Crippen LogP contribution in [0.1, 0.15) is 53.4 Å². The number of hydrogen-bond donors (Lipinski definition) is 2. The number of hydrogen-bond acceptors (Lipinski definition) is 6. The Labute approximate surface area is 165 Å². The third-order valence-electron chi connectivity index (χ3n) is 3.30. The zero-order valence-electron chi connectivity index (χ0n) is 15.9. The summed E-state index contributed by atoms with van der Waals surface area (Å²) in [6.45, 7) is 7.42. The molecule has 146 valence electrons. The summed E-state index contributed by atoms with van der Waals surface area (Å²) in [5.41, 5.74) is -2.04. The highest BCUT2D eigenvalue weighted by atomic mass is 32.2. The van der Waals surface area contributed by atoms with Gasteiger partial charge in [0.2, 0.25) is 4.38 Å². The van der Waals surface area contributed by atoms with Gasteiger partial charge in [-0.2, -0.15) is 0 Å². The zero-order valence-corrected chi connectivity index (χ0v) is 17.5. The number of unbranched alkanes of at least 4 members (excludes halogenated alkanes) is 2. The highest BCUT2D eigenvalue weighted by Gasteiger charge is 2.31. The number of ether oxygens (including phenoxy) is 2. The molecule has 0 saturated heterocycles. The molecule has 0 saturated carbocycles. The average molecular weight is 400 g/mol. The average Bonchev–Trinajstić information content (AvgIpc) is 2.52. The summed E-state index contributed by atoms with van der Waals surface area (Å²) in [6, 6.07) is 9.21. The van der Waals surface area contributed by atoms with Gasteiger partial charge in [0.05, 0.1) is 0 Å². The summed E-state index contributed by atoms with van der Waals surface area (Å²) >= 11 is 6.41. The quantitative estimate of drug-likeness (QED) is 0.369. The smallest absolute Gasteiger partial charge is 0.409 e. The monoisotopic (exact) mass is 399 g/mol. The standard InChI is InChI=1S/C19H29NO4S2/c1-5-6-10-13-19(22,20-16(21)24-18(2,3)4)14-26-17(25)23-15-11-8-7-9-12-15/h7-9,11-12,22H,5-6,10,13-14H2,1-4H3,(H,20,21). The zero-order chi connectivity index (χ0) is 19.6. The molecule has 1 unspecified atom stereocenters. The Morgan fingerprint density at radius 3 is 2.46 bits per heavy atom. The van der Waals surface area contributed by atoms with Crippen molar-refractivity contribution in [1.82, 2.24) is 5.32 Å². The largest absolute Gasteiger partial charge is 0.444 e. The molecule has 26 heavy (non-hydrogen) atoms. The van der Waals surface area contributed by atoms with Crippen LogP contribution in [0.5, 0.6) is 5.75 Å². The van der Waals surface area contributed by atoms with Crippen LogP contribution in [0.4, 0.5) is 4.79 Å². The Hall–Kier alpha value is -1.31. The van der Waals surface area contributed by atoms with Gasteiger partial charge in [-0.1, -0.05) is 49.7 Å². The van der Waals surface area contributed by atoms with Gasteiger partial charge in [-0.25, -0.2) is 4.79 Å². The van der Waals surface area contributed by atoms with E-state index in [1.807, 2.05) is 18.2 Å². The third-order valence-corrected chi connectivity index (χ3v) is 4.68. The van der Waals surface area contributed by atoms with Crippen molar-refractivity contribution in [3.63, 3.8) is 0 Å². The van der Waals surface area contributed by atoms with Gasteiger partial charge in [0, 0.05) is 5.75 Å². The highest BCUT2D eigenvalue weighted by molar-refractivity contribution is 8.22. The topological polar surface area (TPSA) is 67.8 Å². The molecule has 1 rings (SSSR count). The van der Waals surface area contributed by atoms with Crippen LogP contribution < -0.4 is 10.1 Å². The maximum Gasteiger partial charge on any atom is 0.409 e. The van der Waals surface area contributed by atoms with Crippen molar-refractivity contribution < 1.29 is 19.4 Å². The van der Waals surface area contributed by atoms with Gasteiger partial charge in [0.15, 0.2) is 0 Å². The predicted molar refractivity (Wildman–Crippen MR) is 111 cm³/mol. The molecule has 0 bridgehead atoms. The number of nitrogens with one attached hydrogen (secondary N) is 1. The molecule has 0 fully saturated rings. The van der Waals surface area contributed by atoms with E-state index in [0.29, 0.717) is 12.2 Å². The Kier molecular flexibility index (Phi) is 9.39. The Morgan fingerprint density at radius 1 is 1.23 bits per heavy atom. The number of thiocarbonyl (C=S) groups is 1. The van der Waals surface area contributed by atoms with Crippen molar-refractivity contribution in [3.05, 3.63) is 30.3 Å². The minimum Gasteiger partial charge on any atom is -0.444 e. The van der Waals surface area contributed by atoms with Gasteiger partial charge < -0.3 is 14.6 Å². The fourth-order valence-corrected chi connectivity index (χ4v) is 3.13. The number of aliphatic hydroxyl groups is 1. The Balaban J connectivity index is 2.63. The predicted octanol–water partition coefficient (Wildman–Crippen LogP) is 4.88. The lowest BCUT2D eigenvalue weighted by atomic mass is 10.1. The van der Waals surface area contributed by atoms with Crippen molar-refractivity contribution in [2.45, 2.75) is 64.7 Å². The first-order chi connectivity index (χ1) is 12.1. The molecule has 1 aromatic carbocycles. The van der Waals surface area contributed by atoms with E-state index >= 15 is 0 Å². The SMILES string of the molecule is CCCCCC(O)(CSC(=S)Oc1ccccc1)NC(=O)OC(C)(C)C. The third kappa shape index (κ3) is 9.99. The molecule has 0 aromatic heterocycles. The van der Waals surface area contributed by atoms with Crippen molar-refractivity contribution in [2.75, 3.05) is 5.75 Å². The molecule has 7 heteroatoms. The molecule has 5 nitrogen and oxygen atoms in total.